The van der Waals surface area contributed by atoms with Crippen LogP contribution in [0.1, 0.15) is 94.0 Å². The average molecular weight is 1380 g/mol. The number of ether oxygens (including phenoxy) is 3. The molecule has 4 aliphatic rings. The molecule has 2 unspecified atom stereocenters. The minimum atomic E-state index is -3.18. The summed E-state index contributed by atoms with van der Waals surface area (Å²) in [6.45, 7) is 4.05. The van der Waals surface area contributed by atoms with E-state index in [0.717, 1.165) is 52.1 Å². The molecule has 6 N–H and O–H groups in total. The number of aliphatic hydroxyl groups is 1. The number of H-pyrrole nitrogens is 1. The van der Waals surface area contributed by atoms with E-state index < -0.39 is 132 Å². The van der Waals surface area contributed by atoms with Crippen molar-refractivity contribution < 1.29 is 84.1 Å². The number of anilines is 3. The molecule has 0 aliphatic carbocycles. The Bertz CT molecular complexity index is 4280. The smallest absolute Gasteiger partial charge is 0.445 e. The molecule has 6 amide bonds. The number of benzene rings is 3. The first kappa shape index (κ1) is 69.0. The summed E-state index contributed by atoms with van der Waals surface area (Å²) >= 11 is 0. The molecular formula is C63H67F2N13O17P2+2. The maximum atomic E-state index is 16.5. The first-order valence-corrected chi connectivity index (χ1v) is 33.1. The second-order valence-electron chi connectivity index (χ2n) is 23.5. The highest BCUT2D eigenvalue weighted by Gasteiger charge is 2.57. The Balaban J connectivity index is 0.595. The van der Waals surface area contributed by atoms with Crippen molar-refractivity contribution in [3.8, 4) is 11.8 Å². The molecule has 2 bridgehead atoms. The number of alkyl halides is 1. The zero-order valence-electron chi connectivity index (χ0n) is 52.6. The van der Waals surface area contributed by atoms with Gasteiger partial charge in [-0.05, 0) is 73.6 Å². The number of amides is 6. The highest BCUT2D eigenvalue weighted by atomic mass is 31.1. The van der Waals surface area contributed by atoms with Crippen LogP contribution in [-0.4, -0.2) is 155 Å². The van der Waals surface area contributed by atoms with Gasteiger partial charge in [-0.15, -0.1) is 18.1 Å². The summed E-state index contributed by atoms with van der Waals surface area (Å²) in [4.78, 5) is 114. The quantitative estimate of drug-likeness (QED) is 0.0273. The first-order valence-electron chi connectivity index (χ1n) is 30.9. The Morgan fingerprint density at radius 3 is 2.25 bits per heavy atom. The molecule has 11 rings (SSSR count). The number of imidazole rings is 1. The lowest BCUT2D eigenvalue weighted by atomic mass is 10.0. The van der Waals surface area contributed by atoms with Crippen LogP contribution in [0.5, 0.6) is 0 Å². The Morgan fingerprint density at radius 1 is 0.784 bits per heavy atom. The van der Waals surface area contributed by atoms with Crippen molar-refractivity contribution in [2.75, 3.05) is 42.3 Å². The van der Waals surface area contributed by atoms with Gasteiger partial charge in [0, 0.05) is 65.0 Å². The van der Waals surface area contributed by atoms with Gasteiger partial charge in [-0.2, -0.15) is 0 Å². The summed E-state index contributed by atoms with van der Waals surface area (Å²) in [5.41, 5.74) is 3.27. The molecule has 0 saturated carbocycles. The van der Waals surface area contributed by atoms with Crippen molar-refractivity contribution >= 4 is 91.5 Å². The van der Waals surface area contributed by atoms with Crippen molar-refractivity contribution in [3.63, 3.8) is 0 Å². The molecule has 30 nitrogen and oxygen atoms in total. The van der Waals surface area contributed by atoms with Gasteiger partial charge in [0.05, 0.1) is 24.9 Å². The van der Waals surface area contributed by atoms with E-state index in [0.29, 0.717) is 30.6 Å². The number of unbranched alkanes of at least 4 members (excludes halogenated alkanes) is 1. The summed E-state index contributed by atoms with van der Waals surface area (Å²) in [6.07, 6.45) is -8.20. The third kappa shape index (κ3) is 16.0. The molecule has 4 aliphatic heterocycles. The van der Waals surface area contributed by atoms with Gasteiger partial charge in [-0.1, -0.05) is 68.2 Å². The number of aromatic nitrogens is 7. The fraction of sp³-hybridized carbons (Fsp3) is 0.413. The van der Waals surface area contributed by atoms with Crippen LogP contribution in [0.3, 0.4) is 0 Å². The standard InChI is InChI=1S/C63H65F2N13O17P2/c1-34(2)50(73-45(79)16-9-10-18-47(81)76-26-39-14-6-5-12-37(39)21-22-38-13-7-8-15-42(38)76)60(85)71-35(3)58(83)72-40-23-19-36(20-24-40)28-89-63(86)75(4)25-11-17-46(80)74-55-51-57(68-31-66-55)78(33-70-51)61-49(65)53-44(93-61)30-91-97(88)95-54-52(82)43(29-90-96(87)94-53)92-62(54)77-27-41(64)48-56(77)67-32-69-59(48)84/h5-8,12-15,19-20,23-24,27,31-35,43-44,49-50,52-54,61-62,82H,9-11,16-18,25-26,28-30H2,1-4H3,(H3-2,66,67,68,69,71,72,73,74,79,80,83,84,85)/p+2/t35-,43+,44+,49+,50-,52+,53+,54+,61+,62+/m0/s1. The molecule has 508 valence electrons. The maximum absolute atomic E-state index is 16.5. The molecule has 7 aromatic rings. The number of nitrogens with zero attached hydrogens (tertiary/aromatic N) is 8. The van der Waals surface area contributed by atoms with Crippen LogP contribution in [0.2, 0.25) is 0 Å². The number of fused-ring (bicyclic) bond motifs is 7. The van der Waals surface area contributed by atoms with E-state index in [1.807, 2.05) is 48.5 Å². The van der Waals surface area contributed by atoms with Crippen LogP contribution in [-0.2, 0) is 78.6 Å². The van der Waals surface area contributed by atoms with Crippen LogP contribution in [0.4, 0.5) is 30.8 Å². The predicted molar refractivity (Wildman–Crippen MR) is 340 cm³/mol. The third-order valence-corrected chi connectivity index (χ3v) is 18.0. The van der Waals surface area contributed by atoms with Crippen LogP contribution in [0.25, 0.3) is 22.2 Å². The van der Waals surface area contributed by atoms with Gasteiger partial charge in [-0.25, -0.2) is 33.5 Å². The zero-order valence-corrected chi connectivity index (χ0v) is 54.4. The Morgan fingerprint density at radius 2 is 1.47 bits per heavy atom. The fourth-order valence-electron chi connectivity index (χ4n) is 11.3. The third-order valence-electron chi connectivity index (χ3n) is 16.4. The predicted octanol–water partition coefficient (Wildman–Crippen LogP) is 6.41. The van der Waals surface area contributed by atoms with Crippen LogP contribution in [0, 0.1) is 23.6 Å². The fourth-order valence-corrected chi connectivity index (χ4v) is 12.8. The molecule has 3 aromatic carbocycles. The van der Waals surface area contributed by atoms with E-state index in [9.17, 15) is 52.2 Å². The summed E-state index contributed by atoms with van der Waals surface area (Å²) in [7, 11) is -4.87. The van der Waals surface area contributed by atoms with Crippen molar-refractivity contribution in [2.24, 2.45) is 5.92 Å². The van der Waals surface area contributed by atoms with E-state index in [1.54, 1.807) is 43.0 Å². The summed E-state index contributed by atoms with van der Waals surface area (Å²) < 4.78 is 99.4. The second kappa shape index (κ2) is 30.8. The summed E-state index contributed by atoms with van der Waals surface area (Å²) in [5.74, 6) is 3.00. The number of carbonyl (C=O) groups excluding carboxylic acids is 6. The normalized spacial score (nSPS) is 22.2. The number of carbonyl (C=O) groups is 6. The highest BCUT2D eigenvalue weighted by molar-refractivity contribution is 7.33. The molecule has 97 heavy (non-hydrogen) atoms. The van der Waals surface area contributed by atoms with E-state index >= 15 is 4.39 Å². The second-order valence-corrected chi connectivity index (χ2v) is 25.4. The average Bonchev–Trinajstić information content (AvgIpc) is 1.61. The van der Waals surface area contributed by atoms with Gasteiger partial charge >= 0.3 is 22.6 Å². The van der Waals surface area contributed by atoms with Gasteiger partial charge in [0.2, 0.25) is 29.5 Å². The monoisotopic (exact) mass is 1380 g/mol. The molecule has 0 radical (unpaired) electrons. The Labute approximate surface area is 553 Å². The van der Waals surface area contributed by atoms with Crippen molar-refractivity contribution in [1.29, 1.82) is 0 Å². The zero-order chi connectivity index (χ0) is 68.6. The SMILES string of the molecule is CC(C)[C@H](NC(=O)CCCCC(=O)N1Cc2ccccc2C#Cc2ccccc21)C(=O)N[C@@H](C)C(=O)Nc1ccc(COC(=O)N(C)CCCC(=O)Nc2ncnc3c2ncn3[C@@H]2O[C@@H]3CO[P+](=O)O[C@@H]4[C@H](O)[C@@H](CO[P+](=O)O[C@H]3[C@H]2F)O[C@H]4n2cc(F)c3c(=O)[nH]cnc32)cc1. The topological polar surface area (TPSA) is 370 Å². The van der Waals surface area contributed by atoms with Gasteiger partial charge in [0.25, 0.3) is 5.56 Å². The minimum absolute atomic E-state index is 0.00870. The summed E-state index contributed by atoms with van der Waals surface area (Å²) in [5, 5.41) is 21.6. The van der Waals surface area contributed by atoms with Crippen LogP contribution in [0.15, 0.2) is 103 Å². The van der Waals surface area contributed by atoms with Crippen molar-refractivity contribution in [2.45, 2.75) is 134 Å². The highest BCUT2D eigenvalue weighted by Crippen LogP contribution is 2.46. The number of hydrogen-bond acceptors (Lipinski definition) is 21. The van der Waals surface area contributed by atoms with E-state index in [4.69, 9.17) is 32.3 Å². The van der Waals surface area contributed by atoms with Gasteiger partial charge in [0.1, 0.15) is 61.9 Å². The van der Waals surface area contributed by atoms with Crippen LogP contribution >= 0.6 is 16.5 Å². The number of hydrogen-bond donors (Lipinski definition) is 6. The molecule has 3 saturated heterocycles. The number of halogens is 2. The minimum Gasteiger partial charge on any atom is -0.445 e. The number of aliphatic hydroxyl groups excluding tert-OH is 1. The largest absolute Gasteiger partial charge is 0.698 e. The van der Waals surface area contributed by atoms with Gasteiger partial charge in [-0.3, -0.25) is 37.9 Å². The van der Waals surface area contributed by atoms with Gasteiger partial charge in [0.15, 0.2) is 59.3 Å². The lowest BCUT2D eigenvalue weighted by Gasteiger charge is -2.26. The van der Waals surface area contributed by atoms with Crippen molar-refractivity contribution in [1.82, 2.24) is 49.6 Å². The van der Waals surface area contributed by atoms with Crippen LogP contribution < -0.4 is 31.7 Å². The Hall–Kier alpha value is -9.41. The van der Waals surface area contributed by atoms with E-state index in [2.05, 4.69) is 58.0 Å². The molecule has 3 fully saturated rings. The lowest BCUT2D eigenvalue weighted by molar-refractivity contribution is -0.131. The Kier molecular flexibility index (Phi) is 21.9. The lowest BCUT2D eigenvalue weighted by Crippen LogP contribution is -2.53. The summed E-state index contributed by atoms with van der Waals surface area (Å²) in [6, 6.07) is 19.8. The number of nitrogens with one attached hydrogen (secondary N) is 5. The number of rotatable bonds is 20. The first-order chi connectivity index (χ1) is 46.7. The molecule has 34 heteroatoms. The number of aromatic amines is 1. The van der Waals surface area contributed by atoms with E-state index in [1.165, 1.54) is 23.4 Å². The molecule has 4 aromatic heterocycles. The molecule has 12 atom stereocenters. The number of para-hydroxylation sites is 1. The van der Waals surface area contributed by atoms with Gasteiger partial charge < -0.3 is 55.4 Å². The van der Waals surface area contributed by atoms with E-state index in [-0.39, 0.29) is 79.2 Å². The molecule has 8 heterocycles. The van der Waals surface area contributed by atoms with Crippen molar-refractivity contribution in [3.05, 3.63) is 136 Å². The molecule has 0 spiro atoms. The maximum Gasteiger partial charge on any atom is 0.698 e. The molecular weight excluding hydrogens is 1310 g/mol.